The second kappa shape index (κ2) is 13.0. The molecule has 256 valence electrons. The van der Waals surface area contributed by atoms with Crippen molar-refractivity contribution in [2.24, 2.45) is 5.73 Å². The van der Waals surface area contributed by atoms with E-state index in [-0.39, 0.29) is 64.8 Å². The first-order valence-corrected chi connectivity index (χ1v) is 16.2. The second-order valence-electron chi connectivity index (χ2n) is 12.8. The Morgan fingerprint density at radius 3 is 2.47 bits per heavy atom. The lowest BCUT2D eigenvalue weighted by molar-refractivity contribution is -0.126. The first-order valence-electron chi connectivity index (χ1n) is 16.2. The van der Waals surface area contributed by atoms with Crippen molar-refractivity contribution in [1.29, 1.82) is 0 Å². The number of anilines is 3. The standard InChI is InChI=1S/C35H39F2N9O3/c1-7-27(47)43-14-16-44(20(4)18-43)32-22-17-24(37)30-28-23(36)9-8-10-25(28)45(34(48)21(5)38)15-13-42(6)26-11-12-39-29(19(2)3)31(26)46(33(22)40-30)35(49)41-32/h7-12,17,19-21H,1,13-16,18,38H2,2-6H3/t20-,21?/m0/s1. The van der Waals surface area contributed by atoms with Gasteiger partial charge in [0.05, 0.1) is 39.7 Å². The average molecular weight is 672 g/mol. The van der Waals surface area contributed by atoms with E-state index in [0.717, 1.165) is 0 Å². The Kier molecular flexibility index (Phi) is 8.92. The van der Waals surface area contributed by atoms with Crippen molar-refractivity contribution in [1.82, 2.24) is 24.4 Å². The lowest BCUT2D eigenvalue weighted by Gasteiger charge is -2.40. The third-order valence-corrected chi connectivity index (χ3v) is 9.13. The van der Waals surface area contributed by atoms with Crippen LogP contribution in [0, 0.1) is 11.6 Å². The van der Waals surface area contributed by atoms with Gasteiger partial charge in [-0.25, -0.2) is 23.1 Å². The van der Waals surface area contributed by atoms with E-state index < -0.39 is 29.3 Å². The normalized spacial score (nSPS) is 17.0. The van der Waals surface area contributed by atoms with Gasteiger partial charge in [-0.3, -0.25) is 14.6 Å². The van der Waals surface area contributed by atoms with Crippen LogP contribution in [0.3, 0.4) is 0 Å². The molecule has 2 aliphatic rings. The number of piperazine rings is 1. The molecule has 2 aliphatic heterocycles. The van der Waals surface area contributed by atoms with Gasteiger partial charge in [-0.1, -0.05) is 26.5 Å². The number of fused-ring (bicyclic) bond motifs is 5. The van der Waals surface area contributed by atoms with Gasteiger partial charge in [0.2, 0.25) is 11.8 Å². The van der Waals surface area contributed by atoms with Gasteiger partial charge in [0.25, 0.3) is 0 Å². The highest BCUT2D eigenvalue weighted by molar-refractivity contribution is 6.01. The number of pyridine rings is 2. The lowest BCUT2D eigenvalue weighted by Crippen LogP contribution is -2.54. The summed E-state index contributed by atoms with van der Waals surface area (Å²) in [5, 5.41) is 0.210. The van der Waals surface area contributed by atoms with Gasteiger partial charge in [-0.05, 0) is 50.1 Å². The Morgan fingerprint density at radius 2 is 1.80 bits per heavy atom. The van der Waals surface area contributed by atoms with Crippen LogP contribution in [-0.4, -0.2) is 88.1 Å². The molecule has 1 saturated heterocycles. The topological polar surface area (TPSA) is 134 Å². The molecule has 2 bridgehead atoms. The van der Waals surface area contributed by atoms with E-state index in [9.17, 15) is 14.4 Å². The molecule has 3 aromatic heterocycles. The maximum Gasteiger partial charge on any atom is 0.355 e. The Morgan fingerprint density at radius 1 is 1.04 bits per heavy atom. The average Bonchev–Trinajstić information content (AvgIpc) is 3.07. The number of halogens is 2. The second-order valence-corrected chi connectivity index (χ2v) is 12.8. The maximum absolute atomic E-state index is 16.6. The van der Waals surface area contributed by atoms with Crippen LogP contribution in [0.25, 0.3) is 28.0 Å². The summed E-state index contributed by atoms with van der Waals surface area (Å²) in [7, 11) is 1.81. The van der Waals surface area contributed by atoms with Gasteiger partial charge in [-0.2, -0.15) is 4.98 Å². The van der Waals surface area contributed by atoms with Crippen molar-refractivity contribution in [2.75, 3.05) is 54.5 Å². The first-order chi connectivity index (χ1) is 23.3. The van der Waals surface area contributed by atoms with Crippen LogP contribution in [0.4, 0.5) is 26.0 Å². The van der Waals surface area contributed by atoms with E-state index in [1.807, 2.05) is 37.6 Å². The molecule has 1 unspecified atom stereocenters. The molecule has 2 N–H and O–H groups in total. The van der Waals surface area contributed by atoms with Crippen LogP contribution >= 0.6 is 0 Å². The number of likely N-dealkylation sites (N-methyl/N-ethyl adjacent to an activating group) is 1. The number of carbonyl (C=O) groups excluding carboxylic acids is 2. The molecule has 1 fully saturated rings. The number of hydrogen-bond acceptors (Lipinski definition) is 9. The van der Waals surface area contributed by atoms with Crippen molar-refractivity contribution in [3.05, 3.63) is 77.0 Å². The first kappa shape index (κ1) is 33.7. The number of amides is 2. The molecule has 14 heteroatoms. The van der Waals surface area contributed by atoms with Crippen LogP contribution in [-0.2, 0) is 9.59 Å². The molecule has 49 heavy (non-hydrogen) atoms. The molecule has 0 saturated carbocycles. The SMILES string of the molecule is C=CC(=O)N1CCN(c2nc(=O)n3c4nc(c(F)cc24)-c2c(F)cccc2N(C(=O)C(C)N)CCN(C)c2ccnc(C(C)C)c2-3)[C@@H](C)C1. The summed E-state index contributed by atoms with van der Waals surface area (Å²) in [5.74, 6) is -2.36. The molecule has 4 aromatic rings. The van der Waals surface area contributed by atoms with Crippen molar-refractivity contribution >= 4 is 40.0 Å². The van der Waals surface area contributed by atoms with Crippen LogP contribution in [0.15, 0.2) is 54.0 Å². The fraction of sp³-hybridized carbons (Fsp3) is 0.371. The Labute approximate surface area is 282 Å². The molecular weight excluding hydrogens is 632 g/mol. The third-order valence-electron chi connectivity index (χ3n) is 9.13. The van der Waals surface area contributed by atoms with E-state index >= 15 is 8.78 Å². The lowest BCUT2D eigenvalue weighted by atomic mass is 10.0. The van der Waals surface area contributed by atoms with Crippen molar-refractivity contribution in [3.8, 4) is 16.9 Å². The Bertz CT molecular complexity index is 2050. The predicted octanol–water partition coefficient (Wildman–Crippen LogP) is 3.60. The van der Waals surface area contributed by atoms with Crippen molar-refractivity contribution in [3.63, 3.8) is 0 Å². The van der Waals surface area contributed by atoms with E-state index in [1.54, 1.807) is 17.2 Å². The summed E-state index contributed by atoms with van der Waals surface area (Å²) >= 11 is 0. The Hall–Kier alpha value is -5.24. The number of hydrogen-bond donors (Lipinski definition) is 1. The Balaban J connectivity index is 1.73. The summed E-state index contributed by atoms with van der Waals surface area (Å²) in [6, 6.07) is 5.86. The highest BCUT2D eigenvalue weighted by atomic mass is 19.1. The van der Waals surface area contributed by atoms with E-state index in [2.05, 4.69) is 16.5 Å². The minimum atomic E-state index is -0.934. The quantitative estimate of drug-likeness (QED) is 0.323. The zero-order valence-corrected chi connectivity index (χ0v) is 28.2. The molecule has 0 aliphatic carbocycles. The number of aromatic nitrogens is 4. The third kappa shape index (κ3) is 5.79. The van der Waals surface area contributed by atoms with Gasteiger partial charge < -0.3 is 25.3 Å². The highest BCUT2D eigenvalue weighted by Gasteiger charge is 2.33. The smallest absolute Gasteiger partial charge is 0.355 e. The molecule has 2 atom stereocenters. The van der Waals surface area contributed by atoms with Crippen LogP contribution in [0.1, 0.15) is 39.3 Å². The summed E-state index contributed by atoms with van der Waals surface area (Å²) in [6.45, 7) is 12.1. The van der Waals surface area contributed by atoms with Crippen LogP contribution < -0.4 is 26.1 Å². The molecule has 1 aromatic carbocycles. The molecular formula is C35H39F2N9O3. The van der Waals surface area contributed by atoms with Gasteiger partial charge in [0.1, 0.15) is 17.3 Å². The minimum absolute atomic E-state index is 0.0348. The molecule has 12 nitrogen and oxygen atoms in total. The van der Waals surface area contributed by atoms with Gasteiger partial charge >= 0.3 is 5.69 Å². The van der Waals surface area contributed by atoms with Gasteiger partial charge in [0, 0.05) is 52.0 Å². The molecule has 5 heterocycles. The number of carbonyl (C=O) groups is 2. The van der Waals surface area contributed by atoms with Crippen molar-refractivity contribution in [2.45, 2.75) is 45.7 Å². The van der Waals surface area contributed by atoms with Crippen LogP contribution in [0.2, 0.25) is 0 Å². The summed E-state index contributed by atoms with van der Waals surface area (Å²) in [6.07, 6.45) is 2.90. The van der Waals surface area contributed by atoms with E-state index in [1.165, 1.54) is 46.7 Å². The molecule has 0 spiro atoms. The largest absolute Gasteiger partial charge is 0.371 e. The van der Waals surface area contributed by atoms with Crippen molar-refractivity contribution < 1.29 is 18.4 Å². The van der Waals surface area contributed by atoms with Crippen LogP contribution in [0.5, 0.6) is 0 Å². The maximum atomic E-state index is 16.6. The van der Waals surface area contributed by atoms with E-state index in [0.29, 0.717) is 36.7 Å². The molecule has 6 rings (SSSR count). The van der Waals surface area contributed by atoms with Gasteiger partial charge in [0.15, 0.2) is 11.5 Å². The minimum Gasteiger partial charge on any atom is -0.371 e. The van der Waals surface area contributed by atoms with Gasteiger partial charge in [-0.15, -0.1) is 0 Å². The molecule has 2 amide bonds. The number of nitrogens with zero attached hydrogens (tertiary/aromatic N) is 8. The zero-order chi connectivity index (χ0) is 35.3. The summed E-state index contributed by atoms with van der Waals surface area (Å²) in [4.78, 5) is 61.0. The number of benzene rings is 1. The molecule has 0 radical (unpaired) electrons. The van der Waals surface area contributed by atoms with E-state index in [4.69, 9.17) is 10.7 Å². The number of rotatable bonds is 4. The monoisotopic (exact) mass is 671 g/mol. The number of nitrogens with two attached hydrogens (primary N) is 1. The zero-order valence-electron chi connectivity index (χ0n) is 28.2. The predicted molar refractivity (Wildman–Crippen MR) is 185 cm³/mol. The summed E-state index contributed by atoms with van der Waals surface area (Å²) in [5.41, 5.74) is 6.44. The summed E-state index contributed by atoms with van der Waals surface area (Å²) < 4.78 is 33.9. The fourth-order valence-electron chi connectivity index (χ4n) is 6.66. The fourth-order valence-corrected chi connectivity index (χ4v) is 6.66. The highest BCUT2D eigenvalue weighted by Crippen LogP contribution is 2.39.